The molecule has 0 heterocycles. The minimum Gasteiger partial charge on any atom is -0.0654 e. The van der Waals surface area contributed by atoms with E-state index >= 15 is 0 Å². The van der Waals surface area contributed by atoms with Gasteiger partial charge in [-0.05, 0) is 35.6 Å². The molecule has 0 heteroatoms. The van der Waals surface area contributed by atoms with Crippen LogP contribution in [0, 0.1) is 6.07 Å². The number of unbranched alkanes of at least 4 members (excludes halogenated alkanes) is 3. The number of rotatable bonds is 7. The molecule has 103 valence electrons. The van der Waals surface area contributed by atoms with E-state index in [1.807, 2.05) is 12.1 Å². The molecule has 0 spiro atoms. The maximum absolute atomic E-state index is 3.03. The molecule has 0 aliphatic carbocycles. The summed E-state index contributed by atoms with van der Waals surface area (Å²) in [5.74, 6) is 0. The minimum atomic E-state index is 1.21. The molecule has 0 nitrogen and oxygen atoms in total. The van der Waals surface area contributed by atoms with Gasteiger partial charge in [0.1, 0.15) is 0 Å². The molecule has 0 amide bonds. The average Bonchev–Trinajstić information content (AvgIpc) is 2.52. The van der Waals surface area contributed by atoms with Gasteiger partial charge >= 0.3 is 0 Å². The molecule has 0 bridgehead atoms. The monoisotopic (exact) mass is 263 g/mol. The lowest BCUT2D eigenvalue weighted by atomic mass is 10.0. The van der Waals surface area contributed by atoms with Gasteiger partial charge in [0.25, 0.3) is 0 Å². The Morgan fingerprint density at radius 3 is 2.10 bits per heavy atom. The molecule has 0 saturated heterocycles. The van der Waals surface area contributed by atoms with Crippen LogP contribution in [0.1, 0.15) is 49.3 Å². The summed E-state index contributed by atoms with van der Waals surface area (Å²) < 4.78 is 0. The summed E-state index contributed by atoms with van der Waals surface area (Å²) in [5, 5.41) is 0. The third kappa shape index (κ3) is 5.05. The van der Waals surface area contributed by atoms with E-state index in [9.17, 15) is 0 Å². The fourth-order valence-corrected chi connectivity index (χ4v) is 2.25. The zero-order valence-electron chi connectivity index (χ0n) is 12.3. The van der Waals surface area contributed by atoms with Crippen LogP contribution >= 0.6 is 0 Å². The zero-order valence-corrected chi connectivity index (χ0v) is 12.3. The summed E-state index contributed by atoms with van der Waals surface area (Å²) in [6, 6.07) is 20.0. The van der Waals surface area contributed by atoms with Crippen LogP contribution in [-0.4, -0.2) is 0 Å². The van der Waals surface area contributed by atoms with Crippen molar-refractivity contribution in [2.24, 2.45) is 0 Å². The topological polar surface area (TPSA) is 0 Å². The second-order valence-electron chi connectivity index (χ2n) is 5.22. The van der Waals surface area contributed by atoms with Gasteiger partial charge in [-0.2, -0.15) is 0 Å². The van der Waals surface area contributed by atoms with E-state index in [4.69, 9.17) is 0 Å². The molecule has 2 aromatic carbocycles. The predicted octanol–water partition coefficient (Wildman–Crippen LogP) is 5.78. The van der Waals surface area contributed by atoms with Gasteiger partial charge in [0.15, 0.2) is 0 Å². The smallest absolute Gasteiger partial charge is 0.0184 e. The lowest BCUT2D eigenvalue weighted by Gasteiger charge is -2.02. The van der Waals surface area contributed by atoms with Crippen LogP contribution in [-0.2, 0) is 6.42 Å². The van der Waals surface area contributed by atoms with Gasteiger partial charge in [-0.1, -0.05) is 86.9 Å². The van der Waals surface area contributed by atoms with E-state index in [2.05, 4.69) is 61.5 Å². The number of hydrogen-bond acceptors (Lipinski definition) is 0. The summed E-state index contributed by atoms with van der Waals surface area (Å²) >= 11 is 0. The summed E-state index contributed by atoms with van der Waals surface area (Å²) in [6.07, 6.45) is 10.8. The largest absolute Gasteiger partial charge is 0.0654 e. The second kappa shape index (κ2) is 8.37. The molecule has 0 atom stereocenters. The molecule has 1 radical (unpaired) electrons. The van der Waals surface area contributed by atoms with Gasteiger partial charge in [-0.15, -0.1) is 0 Å². The Morgan fingerprint density at radius 2 is 1.45 bits per heavy atom. The molecule has 0 fully saturated rings. The van der Waals surface area contributed by atoms with E-state index < -0.39 is 0 Å². The molecular formula is C20H23. The van der Waals surface area contributed by atoms with Crippen molar-refractivity contribution in [1.29, 1.82) is 0 Å². The van der Waals surface area contributed by atoms with Crippen molar-refractivity contribution >= 4 is 12.2 Å². The maximum Gasteiger partial charge on any atom is -0.0184 e. The van der Waals surface area contributed by atoms with Crippen LogP contribution in [0.3, 0.4) is 0 Å². The highest BCUT2D eigenvalue weighted by molar-refractivity contribution is 5.69. The van der Waals surface area contributed by atoms with Gasteiger partial charge in [-0.3, -0.25) is 0 Å². The third-order valence-corrected chi connectivity index (χ3v) is 3.51. The predicted molar refractivity (Wildman–Crippen MR) is 88.5 cm³/mol. The summed E-state index contributed by atoms with van der Waals surface area (Å²) in [6.45, 7) is 2.26. The van der Waals surface area contributed by atoms with Crippen LogP contribution in [0.2, 0.25) is 0 Å². The second-order valence-corrected chi connectivity index (χ2v) is 5.22. The molecule has 2 rings (SSSR count). The Bertz CT molecular complexity index is 505. The van der Waals surface area contributed by atoms with Crippen molar-refractivity contribution in [2.45, 2.75) is 39.0 Å². The number of aryl methyl sites for hydroxylation is 1. The molecule has 0 aliphatic heterocycles. The van der Waals surface area contributed by atoms with Crippen molar-refractivity contribution in [1.82, 2.24) is 0 Å². The van der Waals surface area contributed by atoms with Crippen molar-refractivity contribution in [2.75, 3.05) is 0 Å². The lowest BCUT2D eigenvalue weighted by Crippen LogP contribution is -1.85. The van der Waals surface area contributed by atoms with E-state index in [0.717, 1.165) is 0 Å². The molecular weight excluding hydrogens is 240 g/mol. The summed E-state index contributed by atoms with van der Waals surface area (Å²) in [7, 11) is 0. The zero-order chi connectivity index (χ0) is 14.0. The molecule has 0 saturated carbocycles. The fraction of sp³-hybridized carbons (Fsp3) is 0.300. The Morgan fingerprint density at radius 1 is 0.800 bits per heavy atom. The van der Waals surface area contributed by atoms with Crippen LogP contribution < -0.4 is 0 Å². The van der Waals surface area contributed by atoms with Gasteiger partial charge in [0, 0.05) is 0 Å². The first kappa shape index (κ1) is 14.6. The number of benzene rings is 2. The molecule has 0 unspecified atom stereocenters. The molecule has 0 N–H and O–H groups in total. The van der Waals surface area contributed by atoms with Crippen molar-refractivity contribution in [3.8, 4) is 0 Å². The third-order valence-electron chi connectivity index (χ3n) is 3.51. The van der Waals surface area contributed by atoms with Crippen LogP contribution in [0.5, 0.6) is 0 Å². The van der Waals surface area contributed by atoms with E-state index in [-0.39, 0.29) is 0 Å². The first-order valence-corrected chi connectivity index (χ1v) is 7.61. The van der Waals surface area contributed by atoms with Gasteiger partial charge < -0.3 is 0 Å². The van der Waals surface area contributed by atoms with E-state index in [1.54, 1.807) is 0 Å². The van der Waals surface area contributed by atoms with Crippen LogP contribution in [0.15, 0.2) is 48.5 Å². The Labute approximate surface area is 123 Å². The Kier molecular flexibility index (Phi) is 6.10. The SMILES string of the molecule is CCCCCCc1ccc(C=Cc2cc[c]cc2)cc1. The van der Waals surface area contributed by atoms with Gasteiger partial charge in [-0.25, -0.2) is 0 Å². The highest BCUT2D eigenvalue weighted by Gasteiger charge is 1.94. The minimum absolute atomic E-state index is 1.21. The maximum atomic E-state index is 3.03. The quantitative estimate of drug-likeness (QED) is 0.439. The lowest BCUT2D eigenvalue weighted by molar-refractivity contribution is 0.667. The van der Waals surface area contributed by atoms with Crippen LogP contribution in [0.4, 0.5) is 0 Å². The van der Waals surface area contributed by atoms with Crippen LogP contribution in [0.25, 0.3) is 12.2 Å². The first-order chi connectivity index (χ1) is 9.88. The summed E-state index contributed by atoms with van der Waals surface area (Å²) in [4.78, 5) is 0. The normalized spacial score (nSPS) is 11.1. The molecule has 0 aliphatic rings. The molecule has 20 heavy (non-hydrogen) atoms. The van der Waals surface area contributed by atoms with Gasteiger partial charge in [0.2, 0.25) is 0 Å². The fourth-order valence-electron chi connectivity index (χ4n) is 2.25. The number of hydrogen-bond donors (Lipinski definition) is 0. The van der Waals surface area contributed by atoms with Crippen molar-refractivity contribution in [3.05, 3.63) is 71.3 Å². The van der Waals surface area contributed by atoms with Gasteiger partial charge in [0.05, 0.1) is 0 Å². The van der Waals surface area contributed by atoms with Crippen molar-refractivity contribution in [3.63, 3.8) is 0 Å². The first-order valence-electron chi connectivity index (χ1n) is 7.61. The standard InChI is InChI=1S/C20H23/c1-2-3-4-6-11-19-13-16-20(17-14-19)15-12-18-9-7-5-8-10-18/h7-10,12-17H,2-4,6,11H2,1H3. The summed E-state index contributed by atoms with van der Waals surface area (Å²) in [5.41, 5.74) is 3.93. The van der Waals surface area contributed by atoms with Crippen molar-refractivity contribution < 1.29 is 0 Å². The molecule has 2 aromatic rings. The highest BCUT2D eigenvalue weighted by atomic mass is 14.0. The average molecular weight is 263 g/mol. The molecule has 0 aromatic heterocycles. The Hall–Kier alpha value is -1.82. The van der Waals surface area contributed by atoms with E-state index in [0.29, 0.717) is 0 Å². The highest BCUT2D eigenvalue weighted by Crippen LogP contribution is 2.12. The van der Waals surface area contributed by atoms with E-state index in [1.165, 1.54) is 48.8 Å². The Balaban J connectivity index is 1.87.